The second-order valence-corrected chi connectivity index (χ2v) is 4.59. The summed E-state index contributed by atoms with van der Waals surface area (Å²) < 4.78 is 0. The number of benzene rings is 1. The topological polar surface area (TPSA) is 98.7 Å². The van der Waals surface area contributed by atoms with E-state index in [2.05, 4.69) is 10.6 Å². The molecule has 110 valence electrons. The van der Waals surface area contributed by atoms with Crippen molar-refractivity contribution in [3.8, 4) is 11.5 Å². The fraction of sp³-hybridized carbons (Fsp3) is 0.429. The van der Waals surface area contributed by atoms with Gasteiger partial charge in [0.05, 0.1) is 0 Å². The summed E-state index contributed by atoms with van der Waals surface area (Å²) in [6, 6.07) is 3.92. The van der Waals surface area contributed by atoms with Gasteiger partial charge in [-0.25, -0.2) is 0 Å². The van der Waals surface area contributed by atoms with Crippen molar-refractivity contribution in [2.24, 2.45) is 0 Å². The summed E-state index contributed by atoms with van der Waals surface area (Å²) in [6.45, 7) is 4.10. The highest BCUT2D eigenvalue weighted by Crippen LogP contribution is 2.24. The minimum absolute atomic E-state index is 0.117. The molecule has 2 amide bonds. The first kappa shape index (κ1) is 15.8. The Hall–Kier alpha value is -2.24. The van der Waals surface area contributed by atoms with E-state index in [9.17, 15) is 14.7 Å². The Morgan fingerprint density at radius 2 is 1.95 bits per heavy atom. The van der Waals surface area contributed by atoms with Crippen LogP contribution in [0.25, 0.3) is 0 Å². The highest BCUT2D eigenvalue weighted by atomic mass is 16.3. The van der Waals surface area contributed by atoms with Crippen LogP contribution in [0.2, 0.25) is 0 Å². The van der Waals surface area contributed by atoms with Crippen LogP contribution < -0.4 is 10.6 Å². The van der Waals surface area contributed by atoms with Crippen LogP contribution in [0.3, 0.4) is 0 Å². The van der Waals surface area contributed by atoms with Crippen LogP contribution in [0.1, 0.15) is 37.0 Å². The van der Waals surface area contributed by atoms with Crippen molar-refractivity contribution in [3.05, 3.63) is 23.8 Å². The molecule has 1 rings (SSSR count). The van der Waals surface area contributed by atoms with Gasteiger partial charge in [-0.2, -0.15) is 0 Å². The van der Waals surface area contributed by atoms with Crippen LogP contribution in [-0.4, -0.2) is 34.6 Å². The van der Waals surface area contributed by atoms with E-state index in [0.717, 1.165) is 6.42 Å². The van der Waals surface area contributed by atoms with E-state index in [1.54, 1.807) is 0 Å². The average Bonchev–Trinajstić information content (AvgIpc) is 2.41. The molecule has 0 radical (unpaired) electrons. The number of phenols is 2. The van der Waals surface area contributed by atoms with Crippen LogP contribution in [0.15, 0.2) is 18.2 Å². The molecule has 1 unspecified atom stereocenters. The molecule has 1 aromatic carbocycles. The minimum atomic E-state index is -0.406. The largest absolute Gasteiger partial charge is 0.504 e. The Morgan fingerprint density at radius 1 is 1.25 bits per heavy atom. The molecule has 0 fully saturated rings. The lowest BCUT2D eigenvalue weighted by Gasteiger charge is -2.11. The number of amides is 2. The lowest BCUT2D eigenvalue weighted by Crippen LogP contribution is -2.35. The van der Waals surface area contributed by atoms with Crippen molar-refractivity contribution in [1.82, 2.24) is 10.6 Å². The molecule has 1 aromatic rings. The molecular formula is C14H20N2O4. The molecule has 0 aliphatic rings. The van der Waals surface area contributed by atoms with E-state index in [-0.39, 0.29) is 42.0 Å². The number of rotatable bonds is 6. The molecule has 0 bridgehead atoms. The number of carbonyl (C=O) groups excluding carboxylic acids is 2. The molecule has 6 nitrogen and oxygen atoms in total. The van der Waals surface area contributed by atoms with Gasteiger partial charge in [-0.1, -0.05) is 6.92 Å². The van der Waals surface area contributed by atoms with Gasteiger partial charge in [0.2, 0.25) is 5.91 Å². The number of hydrogen-bond donors (Lipinski definition) is 4. The smallest absolute Gasteiger partial charge is 0.251 e. The van der Waals surface area contributed by atoms with E-state index in [0.29, 0.717) is 0 Å². The maximum absolute atomic E-state index is 11.7. The van der Waals surface area contributed by atoms with Gasteiger partial charge >= 0.3 is 0 Å². The molecule has 0 aliphatic carbocycles. The molecule has 0 aliphatic heterocycles. The van der Waals surface area contributed by atoms with Gasteiger partial charge in [-0.15, -0.1) is 0 Å². The van der Waals surface area contributed by atoms with Crippen LogP contribution in [-0.2, 0) is 4.79 Å². The number of phenolic OH excluding ortho intramolecular Hbond substituents is 2. The molecule has 1 atom stereocenters. The third-order valence-corrected chi connectivity index (χ3v) is 2.89. The maximum atomic E-state index is 11.7. The van der Waals surface area contributed by atoms with Gasteiger partial charge in [0.25, 0.3) is 5.91 Å². The van der Waals surface area contributed by atoms with Gasteiger partial charge in [0, 0.05) is 24.6 Å². The lowest BCUT2D eigenvalue weighted by molar-refractivity contribution is -0.121. The number of carbonyl (C=O) groups is 2. The zero-order chi connectivity index (χ0) is 15.1. The molecule has 0 spiro atoms. The third kappa shape index (κ3) is 4.79. The number of aromatic hydroxyl groups is 2. The predicted molar refractivity (Wildman–Crippen MR) is 74.6 cm³/mol. The molecule has 20 heavy (non-hydrogen) atoms. The zero-order valence-corrected chi connectivity index (χ0v) is 11.6. The van der Waals surface area contributed by atoms with Gasteiger partial charge < -0.3 is 20.8 Å². The van der Waals surface area contributed by atoms with Crippen LogP contribution in [0.5, 0.6) is 11.5 Å². The molecule has 6 heteroatoms. The maximum Gasteiger partial charge on any atom is 0.251 e. The second-order valence-electron chi connectivity index (χ2n) is 4.59. The fourth-order valence-corrected chi connectivity index (χ4v) is 1.51. The van der Waals surface area contributed by atoms with E-state index in [1.807, 2.05) is 13.8 Å². The van der Waals surface area contributed by atoms with Crippen molar-refractivity contribution in [2.75, 3.05) is 6.54 Å². The van der Waals surface area contributed by atoms with Crippen molar-refractivity contribution < 1.29 is 19.8 Å². The number of nitrogens with one attached hydrogen (secondary N) is 2. The van der Waals surface area contributed by atoms with Crippen LogP contribution in [0.4, 0.5) is 0 Å². The van der Waals surface area contributed by atoms with Crippen LogP contribution in [0, 0.1) is 0 Å². The lowest BCUT2D eigenvalue weighted by atomic mass is 10.2. The molecule has 0 saturated carbocycles. The van der Waals surface area contributed by atoms with Gasteiger partial charge in [0.1, 0.15) is 0 Å². The minimum Gasteiger partial charge on any atom is -0.504 e. The van der Waals surface area contributed by atoms with Crippen molar-refractivity contribution in [2.45, 2.75) is 32.7 Å². The highest BCUT2D eigenvalue weighted by Gasteiger charge is 2.10. The van der Waals surface area contributed by atoms with E-state index >= 15 is 0 Å². The standard InChI is InChI=1S/C14H20N2O4/c1-3-9(2)16-13(19)6-7-15-14(20)10-4-5-11(17)12(18)8-10/h4-5,8-9,17-18H,3,6-7H2,1-2H3,(H,15,20)(H,16,19). The molecule has 0 saturated heterocycles. The summed E-state index contributed by atoms with van der Waals surface area (Å²) in [4.78, 5) is 23.2. The van der Waals surface area contributed by atoms with E-state index in [1.165, 1.54) is 18.2 Å². The Kier molecular flexibility index (Phi) is 5.83. The first-order valence-electron chi connectivity index (χ1n) is 6.53. The summed E-state index contributed by atoms with van der Waals surface area (Å²) in [6.07, 6.45) is 1.05. The van der Waals surface area contributed by atoms with Gasteiger partial charge in [0.15, 0.2) is 11.5 Å². The first-order chi connectivity index (χ1) is 9.43. The second kappa shape index (κ2) is 7.37. The molecular weight excluding hydrogens is 260 g/mol. The van der Waals surface area contributed by atoms with E-state index in [4.69, 9.17) is 5.11 Å². The fourth-order valence-electron chi connectivity index (χ4n) is 1.51. The third-order valence-electron chi connectivity index (χ3n) is 2.89. The Morgan fingerprint density at radius 3 is 2.55 bits per heavy atom. The van der Waals surface area contributed by atoms with Crippen LogP contribution >= 0.6 is 0 Å². The monoisotopic (exact) mass is 280 g/mol. The molecule has 0 aromatic heterocycles. The highest BCUT2D eigenvalue weighted by molar-refractivity contribution is 5.95. The predicted octanol–water partition coefficient (Wildman–Crippen LogP) is 1.13. The van der Waals surface area contributed by atoms with Crippen molar-refractivity contribution in [3.63, 3.8) is 0 Å². The SMILES string of the molecule is CCC(C)NC(=O)CCNC(=O)c1ccc(O)c(O)c1. The quantitative estimate of drug-likeness (QED) is 0.587. The normalized spacial score (nSPS) is 11.7. The molecule has 4 N–H and O–H groups in total. The Bertz CT molecular complexity index is 488. The summed E-state index contributed by atoms with van der Waals surface area (Å²) >= 11 is 0. The van der Waals surface area contributed by atoms with Crippen molar-refractivity contribution in [1.29, 1.82) is 0 Å². The summed E-state index contributed by atoms with van der Waals surface area (Å²) in [5.41, 5.74) is 0.225. The summed E-state index contributed by atoms with van der Waals surface area (Å²) in [5, 5.41) is 23.8. The number of hydrogen-bond acceptors (Lipinski definition) is 4. The van der Waals surface area contributed by atoms with Gasteiger partial charge in [-0.3, -0.25) is 9.59 Å². The zero-order valence-electron chi connectivity index (χ0n) is 11.6. The summed E-state index contributed by atoms with van der Waals surface area (Å²) in [7, 11) is 0. The van der Waals surface area contributed by atoms with Crippen molar-refractivity contribution >= 4 is 11.8 Å². The average molecular weight is 280 g/mol. The Labute approximate surface area is 117 Å². The Balaban J connectivity index is 2.40. The van der Waals surface area contributed by atoms with E-state index < -0.39 is 5.91 Å². The summed E-state index contributed by atoms with van der Waals surface area (Å²) in [5.74, 6) is -1.16. The van der Waals surface area contributed by atoms with Gasteiger partial charge in [-0.05, 0) is 31.5 Å². The first-order valence-corrected chi connectivity index (χ1v) is 6.53. The molecule has 0 heterocycles.